The van der Waals surface area contributed by atoms with Gasteiger partial charge in [0.1, 0.15) is 0 Å². The van der Waals surface area contributed by atoms with Gasteiger partial charge in [-0.15, -0.1) is 0 Å². The first-order valence-electron chi connectivity index (χ1n) is 4.80. The smallest absolute Gasteiger partial charge is 0.267 e. The lowest BCUT2D eigenvalue weighted by atomic mass is 10.1. The fourth-order valence-corrected chi connectivity index (χ4v) is 1.40. The maximum atomic E-state index is 11.9. The number of aryl methyl sites for hydroxylation is 2. The molecule has 0 unspecified atom stereocenters. The van der Waals surface area contributed by atoms with Crippen LogP contribution in [0.2, 0.25) is 0 Å². The molecule has 0 bridgehead atoms. The summed E-state index contributed by atoms with van der Waals surface area (Å²) in [6, 6.07) is 7.40. The quantitative estimate of drug-likeness (QED) is 0.707. The van der Waals surface area contributed by atoms with E-state index in [0.29, 0.717) is 5.56 Å². The van der Waals surface area contributed by atoms with Gasteiger partial charge in [-0.05, 0) is 43.2 Å². The molecule has 1 aromatic heterocycles. The molecule has 1 heterocycles. The topological polar surface area (TPSA) is 34.9 Å². The molecule has 0 saturated heterocycles. The van der Waals surface area contributed by atoms with Gasteiger partial charge in [-0.25, -0.2) is 4.68 Å². The molecular weight excluding hydrogens is 188 g/mol. The number of rotatable bonds is 1. The predicted molar refractivity (Wildman–Crippen MR) is 57.9 cm³/mol. The van der Waals surface area contributed by atoms with Crippen molar-refractivity contribution < 1.29 is 4.79 Å². The minimum atomic E-state index is -0.0944. The van der Waals surface area contributed by atoms with Crippen LogP contribution in [0.3, 0.4) is 0 Å². The van der Waals surface area contributed by atoms with Gasteiger partial charge in [0.15, 0.2) is 0 Å². The van der Waals surface area contributed by atoms with Crippen LogP contribution in [0.4, 0.5) is 0 Å². The summed E-state index contributed by atoms with van der Waals surface area (Å²) in [5.74, 6) is -0.0944. The molecule has 15 heavy (non-hydrogen) atoms. The first kappa shape index (κ1) is 9.65. The van der Waals surface area contributed by atoms with Crippen molar-refractivity contribution in [3.05, 3.63) is 53.3 Å². The van der Waals surface area contributed by atoms with Gasteiger partial charge in [-0.2, -0.15) is 5.10 Å². The lowest BCUT2D eigenvalue weighted by Gasteiger charge is -2.04. The fourth-order valence-electron chi connectivity index (χ4n) is 1.40. The molecule has 2 aromatic rings. The van der Waals surface area contributed by atoms with Crippen LogP contribution in [-0.4, -0.2) is 15.7 Å². The van der Waals surface area contributed by atoms with Gasteiger partial charge in [-0.3, -0.25) is 4.79 Å². The van der Waals surface area contributed by atoms with E-state index in [-0.39, 0.29) is 5.91 Å². The molecular formula is C12H12N2O. The zero-order valence-corrected chi connectivity index (χ0v) is 8.77. The van der Waals surface area contributed by atoms with E-state index in [9.17, 15) is 4.79 Å². The van der Waals surface area contributed by atoms with E-state index in [4.69, 9.17) is 0 Å². The van der Waals surface area contributed by atoms with E-state index >= 15 is 0 Å². The van der Waals surface area contributed by atoms with Crippen molar-refractivity contribution in [1.82, 2.24) is 9.78 Å². The summed E-state index contributed by atoms with van der Waals surface area (Å²) in [7, 11) is 0. The average molecular weight is 200 g/mol. The number of hydrogen-bond donors (Lipinski definition) is 0. The minimum absolute atomic E-state index is 0.0944. The van der Waals surface area contributed by atoms with Gasteiger partial charge >= 0.3 is 0 Å². The molecule has 3 heteroatoms. The van der Waals surface area contributed by atoms with E-state index in [0.717, 1.165) is 5.56 Å². The highest BCUT2D eigenvalue weighted by Crippen LogP contribution is 2.10. The first-order chi connectivity index (χ1) is 7.18. The highest BCUT2D eigenvalue weighted by atomic mass is 16.2. The molecule has 0 fully saturated rings. The highest BCUT2D eigenvalue weighted by Gasteiger charge is 2.08. The molecule has 0 amide bonds. The molecule has 3 nitrogen and oxygen atoms in total. The molecule has 0 aliphatic heterocycles. The van der Waals surface area contributed by atoms with Gasteiger partial charge in [0.25, 0.3) is 5.91 Å². The molecule has 76 valence electrons. The Labute approximate surface area is 88.4 Å². The molecule has 0 N–H and O–H groups in total. The number of carbonyl (C=O) groups is 1. The Morgan fingerprint density at radius 1 is 1.27 bits per heavy atom. The Kier molecular flexibility index (Phi) is 2.37. The van der Waals surface area contributed by atoms with Crippen LogP contribution in [0.1, 0.15) is 21.5 Å². The second-order valence-corrected chi connectivity index (χ2v) is 3.55. The van der Waals surface area contributed by atoms with Gasteiger partial charge < -0.3 is 0 Å². The summed E-state index contributed by atoms with van der Waals surface area (Å²) >= 11 is 0. The maximum Gasteiger partial charge on any atom is 0.278 e. The van der Waals surface area contributed by atoms with E-state index in [1.165, 1.54) is 10.2 Å². The third-order valence-electron chi connectivity index (χ3n) is 2.47. The predicted octanol–water partition coefficient (Wildman–Crippen LogP) is 2.19. The number of nitrogens with zero attached hydrogens (tertiary/aromatic N) is 2. The van der Waals surface area contributed by atoms with Crippen molar-refractivity contribution in [1.29, 1.82) is 0 Å². The number of aromatic nitrogens is 2. The summed E-state index contributed by atoms with van der Waals surface area (Å²) in [5, 5.41) is 3.91. The molecule has 0 aliphatic rings. The Hall–Kier alpha value is -1.90. The van der Waals surface area contributed by atoms with Crippen molar-refractivity contribution >= 4 is 5.91 Å². The Balaban J connectivity index is 2.39. The summed E-state index contributed by atoms with van der Waals surface area (Å²) in [5.41, 5.74) is 2.97. The SMILES string of the molecule is Cc1ccc(C(=O)n2cccn2)cc1C. The van der Waals surface area contributed by atoms with Crippen molar-refractivity contribution in [2.75, 3.05) is 0 Å². The van der Waals surface area contributed by atoms with Gasteiger partial charge in [0.2, 0.25) is 0 Å². The standard InChI is InChI=1S/C12H12N2O/c1-9-4-5-11(8-10(9)2)12(15)14-7-3-6-13-14/h3-8H,1-2H3. The van der Waals surface area contributed by atoms with Crippen LogP contribution in [0.5, 0.6) is 0 Å². The monoisotopic (exact) mass is 200 g/mol. The van der Waals surface area contributed by atoms with Crippen LogP contribution < -0.4 is 0 Å². The lowest BCUT2D eigenvalue weighted by molar-refractivity contribution is 0.0945. The van der Waals surface area contributed by atoms with E-state index < -0.39 is 0 Å². The first-order valence-corrected chi connectivity index (χ1v) is 4.80. The zero-order valence-electron chi connectivity index (χ0n) is 8.77. The largest absolute Gasteiger partial charge is 0.278 e. The Morgan fingerprint density at radius 3 is 2.67 bits per heavy atom. The van der Waals surface area contributed by atoms with E-state index in [1.807, 2.05) is 32.0 Å². The van der Waals surface area contributed by atoms with Crippen LogP contribution in [-0.2, 0) is 0 Å². The van der Waals surface area contributed by atoms with Crippen LogP contribution in [0.15, 0.2) is 36.7 Å². The number of hydrogen-bond acceptors (Lipinski definition) is 2. The molecule has 0 spiro atoms. The average Bonchev–Trinajstić information content (AvgIpc) is 2.74. The van der Waals surface area contributed by atoms with Crippen LogP contribution >= 0.6 is 0 Å². The Bertz CT molecular complexity index is 486. The van der Waals surface area contributed by atoms with Gasteiger partial charge in [0, 0.05) is 18.0 Å². The van der Waals surface area contributed by atoms with Crippen LogP contribution in [0, 0.1) is 13.8 Å². The maximum absolute atomic E-state index is 11.9. The molecule has 2 rings (SSSR count). The van der Waals surface area contributed by atoms with Crippen molar-refractivity contribution in [2.24, 2.45) is 0 Å². The second kappa shape index (κ2) is 3.69. The number of carbonyl (C=O) groups excluding carboxylic acids is 1. The lowest BCUT2D eigenvalue weighted by Crippen LogP contribution is -2.12. The van der Waals surface area contributed by atoms with Crippen LogP contribution in [0.25, 0.3) is 0 Å². The third-order valence-corrected chi connectivity index (χ3v) is 2.47. The molecule has 1 aromatic carbocycles. The summed E-state index contributed by atoms with van der Waals surface area (Å²) in [6.45, 7) is 4.02. The molecule has 0 aliphatic carbocycles. The van der Waals surface area contributed by atoms with Crippen molar-refractivity contribution in [2.45, 2.75) is 13.8 Å². The fraction of sp³-hybridized carbons (Fsp3) is 0.167. The third kappa shape index (κ3) is 1.81. The minimum Gasteiger partial charge on any atom is -0.267 e. The second-order valence-electron chi connectivity index (χ2n) is 3.55. The van der Waals surface area contributed by atoms with Crippen molar-refractivity contribution in [3.8, 4) is 0 Å². The summed E-state index contributed by atoms with van der Waals surface area (Å²) in [6.07, 6.45) is 3.25. The Morgan fingerprint density at radius 2 is 2.07 bits per heavy atom. The highest BCUT2D eigenvalue weighted by molar-refractivity contribution is 5.95. The van der Waals surface area contributed by atoms with Crippen molar-refractivity contribution in [3.63, 3.8) is 0 Å². The number of benzene rings is 1. The van der Waals surface area contributed by atoms with Gasteiger partial charge in [0.05, 0.1) is 0 Å². The van der Waals surface area contributed by atoms with E-state index in [1.54, 1.807) is 18.5 Å². The normalized spacial score (nSPS) is 10.3. The summed E-state index contributed by atoms with van der Waals surface area (Å²) < 4.78 is 1.34. The molecule has 0 saturated carbocycles. The van der Waals surface area contributed by atoms with Gasteiger partial charge in [-0.1, -0.05) is 6.07 Å². The molecule has 0 atom stereocenters. The summed E-state index contributed by atoms with van der Waals surface area (Å²) in [4.78, 5) is 11.9. The van der Waals surface area contributed by atoms with E-state index in [2.05, 4.69) is 5.10 Å². The zero-order chi connectivity index (χ0) is 10.8. The molecule has 0 radical (unpaired) electrons.